The van der Waals surface area contributed by atoms with Gasteiger partial charge in [-0.15, -0.1) is 0 Å². The zero-order chi connectivity index (χ0) is 19.4. The maximum atomic E-state index is 12.5. The molecule has 5 nitrogen and oxygen atoms in total. The van der Waals surface area contributed by atoms with Crippen LogP contribution in [0.15, 0.2) is 52.4 Å². The van der Waals surface area contributed by atoms with Crippen molar-refractivity contribution in [1.29, 1.82) is 0 Å². The lowest BCUT2D eigenvalue weighted by Crippen LogP contribution is -2.19. The van der Waals surface area contributed by atoms with Crippen LogP contribution in [0, 0.1) is 6.92 Å². The Hall–Kier alpha value is -2.87. The highest BCUT2D eigenvalue weighted by molar-refractivity contribution is 8.18. The van der Waals surface area contributed by atoms with Crippen molar-refractivity contribution in [3.05, 3.63) is 58.5 Å². The average molecular weight is 390 g/mol. The molecule has 2 aromatic carbocycles. The summed E-state index contributed by atoms with van der Waals surface area (Å²) in [6.07, 6.45) is 1.58. The second-order valence-electron chi connectivity index (χ2n) is 5.56. The van der Waals surface area contributed by atoms with Crippen LogP contribution in [0.4, 0.5) is 14.5 Å². The number of hydrogen-bond donors (Lipinski definition) is 1. The molecule has 1 aliphatic heterocycles. The van der Waals surface area contributed by atoms with Crippen molar-refractivity contribution in [3.8, 4) is 11.5 Å². The van der Waals surface area contributed by atoms with Gasteiger partial charge in [0.15, 0.2) is 16.7 Å². The highest BCUT2D eigenvalue weighted by Gasteiger charge is 2.24. The van der Waals surface area contributed by atoms with Gasteiger partial charge in [0, 0.05) is 0 Å². The molecule has 1 saturated heterocycles. The number of para-hydroxylation sites is 1. The lowest BCUT2D eigenvalue weighted by molar-refractivity contribution is -0.115. The van der Waals surface area contributed by atoms with E-state index in [2.05, 4.69) is 15.0 Å². The van der Waals surface area contributed by atoms with Gasteiger partial charge in [-0.25, -0.2) is 4.99 Å². The molecule has 140 valence electrons. The molecule has 0 aromatic heterocycles. The van der Waals surface area contributed by atoms with Gasteiger partial charge in [-0.3, -0.25) is 4.79 Å². The number of carbonyl (C=O) groups is 1. The van der Waals surface area contributed by atoms with E-state index in [1.807, 2.05) is 31.2 Å². The maximum Gasteiger partial charge on any atom is 0.387 e. The summed E-state index contributed by atoms with van der Waals surface area (Å²) in [5.41, 5.74) is 2.28. The number of amides is 1. The van der Waals surface area contributed by atoms with Gasteiger partial charge < -0.3 is 14.8 Å². The predicted octanol–water partition coefficient (Wildman–Crippen LogP) is 4.50. The Morgan fingerprint density at radius 2 is 1.96 bits per heavy atom. The summed E-state index contributed by atoms with van der Waals surface area (Å²) in [4.78, 5) is 17.0. The maximum absolute atomic E-state index is 12.5. The number of nitrogens with one attached hydrogen (secondary N) is 1. The van der Waals surface area contributed by atoms with E-state index in [1.54, 1.807) is 12.1 Å². The Labute approximate surface area is 159 Å². The topological polar surface area (TPSA) is 59.9 Å². The molecule has 2 aromatic rings. The van der Waals surface area contributed by atoms with Crippen LogP contribution in [-0.2, 0) is 4.79 Å². The molecular formula is C19H16F2N2O3S. The number of rotatable bonds is 5. The third-order valence-electron chi connectivity index (χ3n) is 3.69. The van der Waals surface area contributed by atoms with E-state index in [9.17, 15) is 13.6 Å². The summed E-state index contributed by atoms with van der Waals surface area (Å²) >= 11 is 1.18. The molecule has 0 radical (unpaired) electrons. The molecule has 1 amide bonds. The second kappa shape index (κ2) is 8.22. The van der Waals surface area contributed by atoms with Gasteiger partial charge in [-0.05, 0) is 54.1 Å². The summed E-state index contributed by atoms with van der Waals surface area (Å²) < 4.78 is 34.6. The molecule has 0 atom stereocenters. The Balaban J connectivity index is 1.85. The summed E-state index contributed by atoms with van der Waals surface area (Å²) in [6.45, 7) is -1.04. The molecule has 8 heteroatoms. The fourth-order valence-corrected chi connectivity index (χ4v) is 3.24. The molecular weight excluding hydrogens is 374 g/mol. The van der Waals surface area contributed by atoms with Crippen LogP contribution in [-0.4, -0.2) is 24.8 Å². The SMILES string of the molecule is COc1ccc(/C=C2\SC(=Nc3ccccc3C)NC2=O)cc1OC(F)F. The number of aliphatic imine (C=N–C) groups is 1. The number of methoxy groups -OCH3 is 1. The first-order valence-electron chi connectivity index (χ1n) is 7.94. The molecule has 0 aliphatic carbocycles. The van der Waals surface area contributed by atoms with Crippen molar-refractivity contribution >= 4 is 34.6 Å². The van der Waals surface area contributed by atoms with Crippen LogP contribution in [0.5, 0.6) is 11.5 Å². The van der Waals surface area contributed by atoms with Crippen molar-refractivity contribution in [3.63, 3.8) is 0 Å². The highest BCUT2D eigenvalue weighted by Crippen LogP contribution is 2.33. The molecule has 1 heterocycles. The Morgan fingerprint density at radius 1 is 1.19 bits per heavy atom. The first-order valence-corrected chi connectivity index (χ1v) is 8.76. The van der Waals surface area contributed by atoms with Crippen LogP contribution in [0.3, 0.4) is 0 Å². The number of aryl methyl sites for hydroxylation is 1. The molecule has 3 rings (SSSR count). The number of hydrogen-bond acceptors (Lipinski definition) is 5. The zero-order valence-corrected chi connectivity index (χ0v) is 15.3. The summed E-state index contributed by atoms with van der Waals surface area (Å²) in [5.74, 6) is -0.221. The number of halogens is 2. The number of thioether (sulfide) groups is 1. The van der Waals surface area contributed by atoms with Gasteiger partial charge in [0.1, 0.15) is 0 Å². The smallest absolute Gasteiger partial charge is 0.387 e. The van der Waals surface area contributed by atoms with E-state index in [-0.39, 0.29) is 17.4 Å². The average Bonchev–Trinajstić information content (AvgIpc) is 2.96. The van der Waals surface area contributed by atoms with Crippen molar-refractivity contribution in [2.45, 2.75) is 13.5 Å². The minimum atomic E-state index is -2.97. The number of carbonyl (C=O) groups excluding carboxylic acids is 1. The van der Waals surface area contributed by atoms with Crippen molar-refractivity contribution in [2.24, 2.45) is 4.99 Å². The number of ether oxygens (including phenoxy) is 2. The zero-order valence-electron chi connectivity index (χ0n) is 14.5. The van der Waals surface area contributed by atoms with Crippen LogP contribution in [0.2, 0.25) is 0 Å². The third-order valence-corrected chi connectivity index (χ3v) is 4.60. The lowest BCUT2D eigenvalue weighted by atomic mass is 10.2. The number of benzene rings is 2. The van der Waals surface area contributed by atoms with Gasteiger partial charge in [0.25, 0.3) is 5.91 Å². The van der Waals surface area contributed by atoms with Crippen LogP contribution in [0.25, 0.3) is 6.08 Å². The van der Waals surface area contributed by atoms with Crippen molar-refractivity contribution in [2.75, 3.05) is 7.11 Å². The van der Waals surface area contributed by atoms with Gasteiger partial charge in [-0.2, -0.15) is 8.78 Å². The van der Waals surface area contributed by atoms with E-state index in [1.165, 1.54) is 31.0 Å². The first kappa shape index (κ1) is 18.9. The Morgan fingerprint density at radius 3 is 2.67 bits per heavy atom. The van der Waals surface area contributed by atoms with Crippen LogP contribution in [0.1, 0.15) is 11.1 Å². The molecule has 27 heavy (non-hydrogen) atoms. The minimum Gasteiger partial charge on any atom is -0.493 e. The normalized spacial score (nSPS) is 16.9. The molecule has 1 N–H and O–H groups in total. The van der Waals surface area contributed by atoms with E-state index < -0.39 is 6.61 Å². The van der Waals surface area contributed by atoms with Gasteiger partial charge in [0.2, 0.25) is 0 Å². The monoisotopic (exact) mass is 390 g/mol. The molecule has 0 bridgehead atoms. The molecule has 0 saturated carbocycles. The number of nitrogens with zero attached hydrogens (tertiary/aromatic N) is 1. The van der Waals surface area contributed by atoms with E-state index in [4.69, 9.17) is 4.74 Å². The van der Waals surface area contributed by atoms with Gasteiger partial charge >= 0.3 is 6.61 Å². The largest absolute Gasteiger partial charge is 0.493 e. The second-order valence-corrected chi connectivity index (χ2v) is 6.59. The summed E-state index contributed by atoms with van der Waals surface area (Å²) in [7, 11) is 1.36. The van der Waals surface area contributed by atoms with Crippen LogP contribution < -0.4 is 14.8 Å². The Bertz CT molecular complexity index is 929. The van der Waals surface area contributed by atoms with E-state index in [0.717, 1.165) is 11.3 Å². The van der Waals surface area contributed by atoms with E-state index in [0.29, 0.717) is 15.6 Å². The Kier molecular flexibility index (Phi) is 5.75. The summed E-state index contributed by atoms with van der Waals surface area (Å²) in [6, 6.07) is 12.1. The molecule has 0 spiro atoms. The first-order chi connectivity index (χ1) is 13.0. The van der Waals surface area contributed by atoms with Crippen molar-refractivity contribution in [1.82, 2.24) is 5.32 Å². The lowest BCUT2D eigenvalue weighted by Gasteiger charge is -2.10. The predicted molar refractivity (Wildman–Crippen MR) is 102 cm³/mol. The molecule has 1 fully saturated rings. The molecule has 1 aliphatic rings. The summed E-state index contributed by atoms with van der Waals surface area (Å²) in [5, 5.41) is 3.16. The fourth-order valence-electron chi connectivity index (χ4n) is 2.40. The van der Waals surface area contributed by atoms with Crippen molar-refractivity contribution < 1.29 is 23.0 Å². The fraction of sp³-hybridized carbons (Fsp3) is 0.158. The van der Waals surface area contributed by atoms with E-state index >= 15 is 0 Å². The molecule has 0 unspecified atom stereocenters. The highest BCUT2D eigenvalue weighted by atomic mass is 32.2. The quantitative estimate of drug-likeness (QED) is 0.764. The van der Waals surface area contributed by atoms with Gasteiger partial charge in [-0.1, -0.05) is 24.3 Å². The third kappa shape index (κ3) is 4.65. The standard InChI is InChI=1S/C19H16F2N2O3S/c1-11-5-3-4-6-13(11)22-19-23-17(24)16(27-19)10-12-7-8-14(25-2)15(9-12)26-18(20)21/h3-10,18H,1-2H3,(H,22,23,24)/b16-10-. The van der Waals surface area contributed by atoms with Crippen LogP contribution >= 0.6 is 11.8 Å². The van der Waals surface area contributed by atoms with Gasteiger partial charge in [0.05, 0.1) is 17.7 Å². The number of alkyl halides is 2. The number of amidine groups is 1. The minimum absolute atomic E-state index is 0.0981.